The minimum Gasteiger partial charge on any atom is -0.296 e. The lowest BCUT2D eigenvalue weighted by Gasteiger charge is -2.02. The highest BCUT2D eigenvalue weighted by atomic mass is 35.5. The molecule has 0 radical (unpaired) electrons. The summed E-state index contributed by atoms with van der Waals surface area (Å²) >= 11 is 16.3. The Balaban J connectivity index is 1.60. The number of thiophene rings is 1. The van der Waals surface area contributed by atoms with Crippen molar-refractivity contribution in [2.45, 2.75) is 10.1 Å². The second-order valence-electron chi connectivity index (χ2n) is 4.36. The Morgan fingerprint density at radius 3 is 2.87 bits per heavy atom. The molecule has 2 heterocycles. The average molecular weight is 402 g/mol. The largest absolute Gasteiger partial charge is 0.296 e. The molecule has 9 heteroatoms. The number of carbonyl (C=O) groups is 1. The first-order valence-corrected chi connectivity index (χ1v) is 9.85. The Bertz CT molecular complexity index is 821. The van der Waals surface area contributed by atoms with Crippen molar-refractivity contribution < 1.29 is 4.79 Å². The van der Waals surface area contributed by atoms with Crippen molar-refractivity contribution in [2.75, 3.05) is 5.32 Å². The summed E-state index contributed by atoms with van der Waals surface area (Å²) in [6, 6.07) is 7.17. The Morgan fingerprint density at radius 1 is 1.26 bits per heavy atom. The highest BCUT2D eigenvalue weighted by Gasteiger charge is 2.11. The van der Waals surface area contributed by atoms with E-state index in [4.69, 9.17) is 23.2 Å². The number of rotatable bonds is 5. The van der Waals surface area contributed by atoms with Gasteiger partial charge in [-0.25, -0.2) is 0 Å². The summed E-state index contributed by atoms with van der Waals surface area (Å²) in [6.07, 6.45) is 0. The van der Waals surface area contributed by atoms with Gasteiger partial charge in [0.2, 0.25) is 5.13 Å². The van der Waals surface area contributed by atoms with Crippen LogP contribution in [0.3, 0.4) is 0 Å². The molecule has 4 nitrogen and oxygen atoms in total. The third kappa shape index (κ3) is 4.45. The number of nitrogens with one attached hydrogen (secondary N) is 1. The van der Waals surface area contributed by atoms with Crippen molar-refractivity contribution in [3.8, 4) is 0 Å². The topological polar surface area (TPSA) is 54.9 Å². The van der Waals surface area contributed by atoms with E-state index in [1.807, 2.05) is 11.4 Å². The third-order valence-corrected chi connectivity index (χ3v) is 6.07. The summed E-state index contributed by atoms with van der Waals surface area (Å²) < 4.78 is 0.761. The van der Waals surface area contributed by atoms with Gasteiger partial charge in [0, 0.05) is 21.2 Å². The van der Waals surface area contributed by atoms with Gasteiger partial charge < -0.3 is 0 Å². The van der Waals surface area contributed by atoms with Crippen LogP contribution >= 0.6 is 57.6 Å². The normalized spacial score (nSPS) is 10.7. The van der Waals surface area contributed by atoms with E-state index in [2.05, 4.69) is 15.5 Å². The lowest BCUT2D eigenvalue weighted by atomic mass is 10.2. The highest BCUT2D eigenvalue weighted by molar-refractivity contribution is 8.00. The van der Waals surface area contributed by atoms with Gasteiger partial charge in [0.05, 0.1) is 5.56 Å². The Hall–Kier alpha value is -1.12. The smallest absolute Gasteiger partial charge is 0.258 e. The molecule has 23 heavy (non-hydrogen) atoms. The number of anilines is 1. The monoisotopic (exact) mass is 401 g/mol. The number of carbonyl (C=O) groups excluding carboxylic acids is 1. The molecule has 0 atom stereocenters. The maximum Gasteiger partial charge on any atom is 0.258 e. The summed E-state index contributed by atoms with van der Waals surface area (Å²) in [4.78, 5) is 11.9. The summed E-state index contributed by atoms with van der Waals surface area (Å²) in [6.45, 7) is 0. The number of benzene rings is 1. The van der Waals surface area contributed by atoms with E-state index in [0.717, 1.165) is 9.90 Å². The molecule has 0 unspecified atom stereocenters. The minimum atomic E-state index is -0.181. The molecule has 0 saturated carbocycles. The molecule has 1 amide bonds. The van der Waals surface area contributed by atoms with Gasteiger partial charge in [0.15, 0.2) is 4.34 Å². The van der Waals surface area contributed by atoms with Gasteiger partial charge in [-0.2, -0.15) is 11.3 Å². The van der Waals surface area contributed by atoms with Crippen molar-refractivity contribution in [3.63, 3.8) is 0 Å². The standard InChI is InChI=1S/C14H9Cl2N3OS3/c15-10-2-1-8(11(16)5-10)7-22-14-19-18-13(23-14)17-12(20)9-3-4-21-6-9/h1-6H,7H2,(H,17,18,20). The predicted octanol–water partition coefficient (Wildman–Crippen LogP) is 5.45. The molecule has 0 spiro atoms. The SMILES string of the molecule is O=C(Nc1nnc(SCc2ccc(Cl)cc2Cl)s1)c1ccsc1. The van der Waals surface area contributed by atoms with E-state index in [1.165, 1.54) is 34.4 Å². The van der Waals surface area contributed by atoms with Crippen LogP contribution in [0.2, 0.25) is 10.0 Å². The first kappa shape index (κ1) is 16.7. The van der Waals surface area contributed by atoms with E-state index in [9.17, 15) is 4.79 Å². The fraction of sp³-hybridized carbons (Fsp3) is 0.0714. The fourth-order valence-electron chi connectivity index (χ4n) is 1.66. The van der Waals surface area contributed by atoms with Crippen LogP contribution in [0.5, 0.6) is 0 Å². The van der Waals surface area contributed by atoms with Gasteiger partial charge in [-0.3, -0.25) is 10.1 Å². The molecule has 0 aliphatic rings. The second-order valence-corrected chi connectivity index (χ2v) is 8.19. The van der Waals surface area contributed by atoms with Crippen LogP contribution in [-0.4, -0.2) is 16.1 Å². The zero-order valence-corrected chi connectivity index (χ0v) is 15.4. The second kappa shape index (κ2) is 7.63. The fourth-order valence-corrected chi connectivity index (χ4v) is 4.60. The Labute approximate surface area is 154 Å². The van der Waals surface area contributed by atoms with Crippen LogP contribution < -0.4 is 5.32 Å². The number of thioether (sulfide) groups is 1. The van der Waals surface area contributed by atoms with Crippen LogP contribution in [0.15, 0.2) is 39.4 Å². The number of amides is 1. The first-order chi connectivity index (χ1) is 11.1. The van der Waals surface area contributed by atoms with Crippen LogP contribution in [-0.2, 0) is 5.75 Å². The van der Waals surface area contributed by atoms with Crippen molar-refractivity contribution in [3.05, 3.63) is 56.2 Å². The molecule has 0 bridgehead atoms. The molecule has 0 fully saturated rings. The van der Waals surface area contributed by atoms with E-state index in [0.29, 0.717) is 26.5 Å². The van der Waals surface area contributed by atoms with Gasteiger partial charge in [0.25, 0.3) is 5.91 Å². The molecule has 3 rings (SSSR count). The number of hydrogen-bond donors (Lipinski definition) is 1. The van der Waals surface area contributed by atoms with Crippen LogP contribution in [0.1, 0.15) is 15.9 Å². The molecular formula is C14H9Cl2N3OS3. The molecule has 0 aliphatic heterocycles. The summed E-state index contributed by atoms with van der Waals surface area (Å²) in [7, 11) is 0. The van der Waals surface area contributed by atoms with Crippen molar-refractivity contribution in [1.29, 1.82) is 0 Å². The summed E-state index contributed by atoms with van der Waals surface area (Å²) in [5.74, 6) is 0.475. The maximum atomic E-state index is 11.9. The highest BCUT2D eigenvalue weighted by Crippen LogP contribution is 2.31. The van der Waals surface area contributed by atoms with Gasteiger partial charge >= 0.3 is 0 Å². The van der Waals surface area contributed by atoms with E-state index in [1.54, 1.807) is 23.6 Å². The lowest BCUT2D eigenvalue weighted by Crippen LogP contribution is -2.10. The van der Waals surface area contributed by atoms with Gasteiger partial charge in [-0.05, 0) is 29.1 Å². The van der Waals surface area contributed by atoms with E-state index in [-0.39, 0.29) is 5.91 Å². The van der Waals surface area contributed by atoms with E-state index < -0.39 is 0 Å². The van der Waals surface area contributed by atoms with Crippen molar-refractivity contribution in [1.82, 2.24) is 10.2 Å². The zero-order chi connectivity index (χ0) is 16.2. The Kier molecular flexibility index (Phi) is 5.55. The van der Waals surface area contributed by atoms with Crippen LogP contribution in [0, 0.1) is 0 Å². The summed E-state index contributed by atoms with van der Waals surface area (Å²) in [5, 5.41) is 16.1. The third-order valence-electron chi connectivity index (χ3n) is 2.78. The molecule has 118 valence electrons. The van der Waals surface area contributed by atoms with Crippen LogP contribution in [0.25, 0.3) is 0 Å². The maximum absolute atomic E-state index is 11.9. The van der Waals surface area contributed by atoms with Gasteiger partial charge in [-0.1, -0.05) is 52.4 Å². The van der Waals surface area contributed by atoms with Crippen LogP contribution in [0.4, 0.5) is 5.13 Å². The van der Waals surface area contributed by atoms with Crippen molar-refractivity contribution >= 4 is 68.7 Å². The van der Waals surface area contributed by atoms with E-state index >= 15 is 0 Å². The average Bonchev–Trinajstić information content (AvgIpc) is 3.17. The Morgan fingerprint density at radius 2 is 2.13 bits per heavy atom. The first-order valence-electron chi connectivity index (χ1n) is 6.35. The molecule has 0 saturated heterocycles. The van der Waals surface area contributed by atoms with Gasteiger partial charge in [0.1, 0.15) is 0 Å². The quantitative estimate of drug-likeness (QED) is 0.455. The minimum absolute atomic E-state index is 0.181. The predicted molar refractivity (Wildman–Crippen MR) is 98.2 cm³/mol. The molecule has 2 aromatic heterocycles. The number of nitrogens with zero attached hydrogens (tertiary/aromatic N) is 2. The van der Waals surface area contributed by atoms with Crippen molar-refractivity contribution in [2.24, 2.45) is 0 Å². The molecule has 1 N–H and O–H groups in total. The summed E-state index contributed by atoms with van der Waals surface area (Å²) in [5.41, 5.74) is 1.59. The zero-order valence-electron chi connectivity index (χ0n) is 11.5. The lowest BCUT2D eigenvalue weighted by molar-refractivity contribution is 0.102. The van der Waals surface area contributed by atoms with Gasteiger partial charge in [-0.15, -0.1) is 10.2 Å². The number of aromatic nitrogens is 2. The number of hydrogen-bond acceptors (Lipinski definition) is 6. The molecule has 1 aromatic carbocycles. The molecule has 0 aliphatic carbocycles. The molecular weight excluding hydrogens is 393 g/mol. The number of halogens is 2. The molecule has 3 aromatic rings.